The van der Waals surface area contributed by atoms with E-state index in [4.69, 9.17) is 5.11 Å². The summed E-state index contributed by atoms with van der Waals surface area (Å²) in [7, 11) is 0. The number of aliphatic hydroxyl groups excluding tert-OH is 1. The van der Waals surface area contributed by atoms with E-state index in [9.17, 15) is 14.7 Å². The van der Waals surface area contributed by atoms with E-state index < -0.39 is 11.4 Å². The summed E-state index contributed by atoms with van der Waals surface area (Å²) in [6.45, 7) is 6.65. The van der Waals surface area contributed by atoms with Gasteiger partial charge in [0.2, 0.25) is 0 Å². The average Bonchev–Trinajstić information content (AvgIpc) is 3.14. The van der Waals surface area contributed by atoms with Crippen molar-refractivity contribution in [1.82, 2.24) is 9.80 Å². The van der Waals surface area contributed by atoms with Gasteiger partial charge in [-0.15, -0.1) is 0 Å². The van der Waals surface area contributed by atoms with Crippen LogP contribution in [0.3, 0.4) is 0 Å². The second-order valence-electron chi connectivity index (χ2n) is 7.67. The molecule has 2 saturated heterocycles. The zero-order valence-electron chi connectivity index (χ0n) is 15.3. The molecule has 0 bridgehead atoms. The van der Waals surface area contributed by atoms with Crippen LogP contribution in [0.25, 0.3) is 0 Å². The van der Waals surface area contributed by atoms with Gasteiger partial charge >= 0.3 is 5.97 Å². The van der Waals surface area contributed by atoms with Crippen LogP contribution in [-0.4, -0.2) is 64.6 Å². The summed E-state index contributed by atoms with van der Waals surface area (Å²) in [6.07, 6.45) is 2.11. The van der Waals surface area contributed by atoms with Crippen molar-refractivity contribution < 1.29 is 19.8 Å². The van der Waals surface area contributed by atoms with Crippen molar-refractivity contribution in [2.24, 2.45) is 11.3 Å². The van der Waals surface area contributed by atoms with E-state index in [1.807, 2.05) is 13.8 Å². The van der Waals surface area contributed by atoms with Crippen LogP contribution in [0.1, 0.15) is 29.8 Å². The van der Waals surface area contributed by atoms with E-state index >= 15 is 0 Å². The lowest BCUT2D eigenvalue weighted by Gasteiger charge is -2.25. The minimum atomic E-state index is -0.879. The van der Waals surface area contributed by atoms with Crippen LogP contribution >= 0.6 is 0 Å². The van der Waals surface area contributed by atoms with Crippen LogP contribution in [0, 0.1) is 11.3 Å². The number of aliphatic hydroxyl groups is 1. The minimum Gasteiger partial charge on any atom is -0.481 e. The number of aliphatic carboxylic acids is 1. The molecular formula is C20H26N2O4. The monoisotopic (exact) mass is 358 g/mol. The van der Waals surface area contributed by atoms with E-state index in [-0.39, 0.29) is 25.0 Å². The molecule has 6 heteroatoms. The Morgan fingerprint density at radius 2 is 1.88 bits per heavy atom. The SMILES string of the molecule is CC(C)=CCN1C[C@@H]2CN(C(=O)c3ccc(CO)cc3)C[C@]2(C(=O)O)C1. The summed E-state index contributed by atoms with van der Waals surface area (Å²) in [5.74, 6) is -1.00. The number of hydrogen-bond acceptors (Lipinski definition) is 4. The van der Waals surface area contributed by atoms with Gasteiger partial charge in [0.15, 0.2) is 0 Å². The fraction of sp³-hybridized carbons (Fsp3) is 0.500. The van der Waals surface area contributed by atoms with E-state index in [1.54, 1.807) is 29.2 Å². The van der Waals surface area contributed by atoms with Crippen LogP contribution in [0.4, 0.5) is 0 Å². The number of carboxylic acid groups (broad SMARTS) is 1. The summed E-state index contributed by atoms with van der Waals surface area (Å²) in [4.78, 5) is 28.7. The van der Waals surface area contributed by atoms with E-state index in [1.165, 1.54) is 5.57 Å². The molecule has 3 rings (SSSR count). The number of fused-ring (bicyclic) bond motifs is 1. The maximum Gasteiger partial charge on any atom is 0.313 e. The average molecular weight is 358 g/mol. The van der Waals surface area contributed by atoms with Gasteiger partial charge in [0.25, 0.3) is 5.91 Å². The number of hydrogen-bond donors (Lipinski definition) is 2. The molecule has 2 aliphatic rings. The lowest BCUT2D eigenvalue weighted by Crippen LogP contribution is -2.42. The van der Waals surface area contributed by atoms with Gasteiger partial charge < -0.3 is 15.1 Å². The van der Waals surface area contributed by atoms with Crippen molar-refractivity contribution in [1.29, 1.82) is 0 Å². The molecular weight excluding hydrogens is 332 g/mol. The molecule has 140 valence electrons. The lowest BCUT2D eigenvalue weighted by molar-refractivity contribution is -0.148. The summed E-state index contributed by atoms with van der Waals surface area (Å²) < 4.78 is 0. The summed E-state index contributed by atoms with van der Waals surface area (Å²) in [5, 5.41) is 19.0. The molecule has 2 atom stereocenters. The quantitative estimate of drug-likeness (QED) is 0.782. The molecule has 2 aliphatic heterocycles. The molecule has 0 radical (unpaired) electrons. The van der Waals surface area contributed by atoms with Gasteiger partial charge in [-0.1, -0.05) is 23.8 Å². The van der Waals surface area contributed by atoms with Gasteiger partial charge in [-0.05, 0) is 31.5 Å². The van der Waals surface area contributed by atoms with E-state index in [0.29, 0.717) is 25.2 Å². The number of carbonyl (C=O) groups is 2. The Morgan fingerprint density at radius 1 is 1.19 bits per heavy atom. The number of rotatable bonds is 5. The number of allylic oxidation sites excluding steroid dienone is 1. The number of likely N-dealkylation sites (tertiary alicyclic amines) is 2. The maximum atomic E-state index is 12.8. The van der Waals surface area contributed by atoms with Crippen LogP contribution < -0.4 is 0 Å². The molecule has 0 spiro atoms. The largest absolute Gasteiger partial charge is 0.481 e. The van der Waals surface area contributed by atoms with Gasteiger partial charge in [-0.3, -0.25) is 14.5 Å². The number of amides is 1. The predicted octanol–water partition coefficient (Wildman–Crippen LogP) is 1.60. The Balaban J connectivity index is 1.74. The van der Waals surface area contributed by atoms with Crippen molar-refractivity contribution >= 4 is 11.9 Å². The van der Waals surface area contributed by atoms with Gasteiger partial charge in [0.05, 0.1) is 6.61 Å². The van der Waals surface area contributed by atoms with Gasteiger partial charge in [-0.2, -0.15) is 0 Å². The normalized spacial score (nSPS) is 25.2. The Bertz CT molecular complexity index is 724. The zero-order valence-corrected chi connectivity index (χ0v) is 15.3. The Morgan fingerprint density at radius 3 is 2.42 bits per heavy atom. The van der Waals surface area contributed by atoms with Gasteiger partial charge in [0, 0.05) is 44.2 Å². The van der Waals surface area contributed by atoms with Crippen LogP contribution in [0.15, 0.2) is 35.9 Å². The summed E-state index contributed by atoms with van der Waals surface area (Å²) >= 11 is 0. The highest BCUT2D eigenvalue weighted by atomic mass is 16.4. The van der Waals surface area contributed by atoms with E-state index in [2.05, 4.69) is 11.0 Å². The van der Waals surface area contributed by atoms with E-state index in [0.717, 1.165) is 12.1 Å². The van der Waals surface area contributed by atoms with Crippen LogP contribution in [0.5, 0.6) is 0 Å². The summed E-state index contributed by atoms with van der Waals surface area (Å²) in [6, 6.07) is 6.82. The first kappa shape index (κ1) is 18.6. The van der Waals surface area contributed by atoms with Gasteiger partial charge in [0.1, 0.15) is 5.41 Å². The molecule has 0 unspecified atom stereocenters. The third-order valence-electron chi connectivity index (χ3n) is 5.53. The van der Waals surface area contributed by atoms with Crippen LogP contribution in [-0.2, 0) is 11.4 Å². The third kappa shape index (κ3) is 3.39. The molecule has 6 nitrogen and oxygen atoms in total. The fourth-order valence-corrected chi connectivity index (χ4v) is 4.01. The number of carbonyl (C=O) groups excluding carboxylic acids is 1. The van der Waals surface area contributed by atoms with Crippen molar-refractivity contribution in [2.75, 3.05) is 32.7 Å². The topological polar surface area (TPSA) is 81.1 Å². The van der Waals surface area contributed by atoms with Gasteiger partial charge in [-0.25, -0.2) is 0 Å². The second kappa shape index (κ2) is 7.21. The first-order valence-electron chi connectivity index (χ1n) is 8.94. The Kier molecular flexibility index (Phi) is 5.16. The highest BCUT2D eigenvalue weighted by Gasteiger charge is 2.58. The molecule has 26 heavy (non-hydrogen) atoms. The smallest absolute Gasteiger partial charge is 0.313 e. The standard InChI is InChI=1S/C20H26N2O4/c1-14(2)7-8-21-9-17-10-22(13-20(17,12-21)19(25)26)18(24)16-5-3-15(11-23)4-6-16/h3-7,17,23H,8-13H2,1-2H3,(H,25,26)/t17-,20-/m1/s1. The molecule has 2 heterocycles. The predicted molar refractivity (Wildman–Crippen MR) is 97.7 cm³/mol. The maximum absolute atomic E-state index is 12.8. The number of nitrogens with zero attached hydrogens (tertiary/aromatic N) is 2. The summed E-state index contributed by atoms with van der Waals surface area (Å²) in [5.41, 5.74) is 1.62. The molecule has 1 amide bonds. The second-order valence-corrected chi connectivity index (χ2v) is 7.67. The third-order valence-corrected chi connectivity index (χ3v) is 5.53. The molecule has 1 aromatic carbocycles. The van der Waals surface area contributed by atoms with Crippen molar-refractivity contribution in [3.8, 4) is 0 Å². The molecule has 0 aliphatic carbocycles. The Hall–Kier alpha value is -2.18. The molecule has 2 N–H and O–H groups in total. The molecule has 2 fully saturated rings. The highest BCUT2D eigenvalue weighted by Crippen LogP contribution is 2.43. The first-order chi connectivity index (χ1) is 12.4. The highest BCUT2D eigenvalue weighted by molar-refractivity contribution is 5.95. The number of benzene rings is 1. The van der Waals surface area contributed by atoms with Crippen molar-refractivity contribution in [3.63, 3.8) is 0 Å². The van der Waals surface area contributed by atoms with Crippen LogP contribution in [0.2, 0.25) is 0 Å². The lowest BCUT2D eigenvalue weighted by atomic mass is 9.81. The zero-order chi connectivity index (χ0) is 18.9. The Labute approximate surface area is 153 Å². The van der Waals surface area contributed by atoms with Crippen molar-refractivity contribution in [2.45, 2.75) is 20.5 Å². The minimum absolute atomic E-state index is 0.0498. The molecule has 1 aromatic rings. The first-order valence-corrected chi connectivity index (χ1v) is 8.94. The molecule has 0 aromatic heterocycles. The van der Waals surface area contributed by atoms with Crippen molar-refractivity contribution in [3.05, 3.63) is 47.0 Å². The molecule has 0 saturated carbocycles. The fourth-order valence-electron chi connectivity index (χ4n) is 4.01. The number of carboxylic acids is 1.